The quantitative estimate of drug-likeness (QED) is 0.744. The van der Waals surface area contributed by atoms with Gasteiger partial charge in [0, 0.05) is 11.8 Å². The number of allylic oxidation sites excluding steroid dienone is 2. The van der Waals surface area contributed by atoms with Gasteiger partial charge in [0.05, 0.1) is 6.61 Å². The molecule has 0 bridgehead atoms. The van der Waals surface area contributed by atoms with Crippen LogP contribution in [0.15, 0.2) is 49.1 Å². The molecule has 0 spiro atoms. The summed E-state index contributed by atoms with van der Waals surface area (Å²) in [6.07, 6.45) is 7.03. The zero-order valence-electron chi connectivity index (χ0n) is 8.76. The Bertz CT molecular complexity index is 379. The lowest BCUT2D eigenvalue weighted by Gasteiger charge is -2.04. The average Bonchev–Trinajstić information content (AvgIpc) is 2.65. The first-order valence-corrected chi connectivity index (χ1v) is 5.35. The van der Waals surface area contributed by atoms with Gasteiger partial charge in [-0.25, -0.2) is 0 Å². The molecule has 1 aromatic carbocycles. The molecule has 1 N–H and O–H groups in total. The van der Waals surface area contributed by atoms with Crippen molar-refractivity contribution in [3.63, 3.8) is 0 Å². The maximum Gasteiger partial charge on any atom is 0.0612 e. The average molecular weight is 200 g/mol. The second kappa shape index (κ2) is 4.45. The number of benzene rings is 1. The van der Waals surface area contributed by atoms with Crippen molar-refractivity contribution in [2.75, 3.05) is 6.61 Å². The summed E-state index contributed by atoms with van der Waals surface area (Å²) in [7, 11) is 0. The van der Waals surface area contributed by atoms with Crippen molar-refractivity contribution >= 4 is 0 Å². The van der Waals surface area contributed by atoms with Gasteiger partial charge in [0.2, 0.25) is 0 Å². The maximum absolute atomic E-state index is 8.79. The third kappa shape index (κ3) is 1.88. The van der Waals surface area contributed by atoms with E-state index in [4.69, 9.17) is 5.11 Å². The van der Waals surface area contributed by atoms with Gasteiger partial charge in [-0.05, 0) is 17.5 Å². The van der Waals surface area contributed by atoms with Gasteiger partial charge in [-0.15, -0.1) is 6.58 Å². The summed E-state index contributed by atoms with van der Waals surface area (Å²) < 4.78 is 0. The molecule has 15 heavy (non-hydrogen) atoms. The molecule has 2 atom stereocenters. The van der Waals surface area contributed by atoms with E-state index in [2.05, 4.69) is 36.9 Å². The number of hydrogen-bond acceptors (Lipinski definition) is 1. The van der Waals surface area contributed by atoms with Crippen LogP contribution in [0.5, 0.6) is 0 Å². The van der Waals surface area contributed by atoms with Crippen molar-refractivity contribution in [1.82, 2.24) is 0 Å². The molecule has 0 radical (unpaired) electrons. The smallest absolute Gasteiger partial charge is 0.0612 e. The van der Waals surface area contributed by atoms with Crippen molar-refractivity contribution in [1.29, 1.82) is 0 Å². The summed E-state index contributed by atoms with van der Waals surface area (Å²) in [5, 5.41) is 8.79. The van der Waals surface area contributed by atoms with Crippen molar-refractivity contribution < 1.29 is 5.11 Å². The van der Waals surface area contributed by atoms with E-state index in [9.17, 15) is 0 Å². The molecule has 0 fully saturated rings. The van der Waals surface area contributed by atoms with E-state index >= 15 is 0 Å². The third-order valence-electron chi connectivity index (χ3n) is 3.06. The van der Waals surface area contributed by atoms with Crippen LogP contribution >= 0.6 is 0 Å². The molecule has 1 aliphatic rings. The molecule has 1 aliphatic carbocycles. The molecule has 0 aliphatic heterocycles. The lowest BCUT2D eigenvalue weighted by Crippen LogP contribution is -1.88. The normalized spacial score (nSPS) is 24.3. The van der Waals surface area contributed by atoms with Crippen molar-refractivity contribution in [2.24, 2.45) is 0 Å². The van der Waals surface area contributed by atoms with E-state index in [0.29, 0.717) is 11.8 Å². The van der Waals surface area contributed by atoms with E-state index in [1.807, 2.05) is 12.2 Å². The van der Waals surface area contributed by atoms with Crippen molar-refractivity contribution in [3.8, 4) is 0 Å². The first-order chi connectivity index (χ1) is 7.36. The fourth-order valence-electron chi connectivity index (χ4n) is 2.34. The summed E-state index contributed by atoms with van der Waals surface area (Å²) in [4.78, 5) is 0. The minimum atomic E-state index is 0.122. The predicted octanol–water partition coefficient (Wildman–Crippen LogP) is 2.99. The van der Waals surface area contributed by atoms with Crippen LogP contribution in [0.1, 0.15) is 29.4 Å². The molecule has 0 amide bonds. The Morgan fingerprint density at radius 3 is 2.53 bits per heavy atom. The molecule has 0 saturated carbocycles. The Morgan fingerprint density at radius 1 is 1.27 bits per heavy atom. The zero-order valence-corrected chi connectivity index (χ0v) is 8.76. The largest absolute Gasteiger partial charge is 0.392 e. The van der Waals surface area contributed by atoms with E-state index in [-0.39, 0.29) is 6.61 Å². The minimum Gasteiger partial charge on any atom is -0.392 e. The first kappa shape index (κ1) is 10.2. The molecule has 0 heterocycles. The van der Waals surface area contributed by atoms with E-state index < -0.39 is 0 Å². The van der Waals surface area contributed by atoms with Gasteiger partial charge in [-0.1, -0.05) is 42.5 Å². The van der Waals surface area contributed by atoms with Gasteiger partial charge < -0.3 is 5.11 Å². The number of aliphatic hydroxyl groups is 1. The van der Waals surface area contributed by atoms with Gasteiger partial charge in [0.25, 0.3) is 0 Å². The Hall–Kier alpha value is -1.34. The molecule has 78 valence electrons. The predicted molar refractivity (Wildman–Crippen MR) is 63.0 cm³/mol. The van der Waals surface area contributed by atoms with Crippen LogP contribution < -0.4 is 0 Å². The van der Waals surface area contributed by atoms with Crippen LogP contribution in [0.2, 0.25) is 0 Å². The summed E-state index contributed by atoms with van der Waals surface area (Å²) in [6, 6.07) is 8.50. The summed E-state index contributed by atoms with van der Waals surface area (Å²) in [5.41, 5.74) is 2.77. The van der Waals surface area contributed by atoms with Crippen LogP contribution in [0.3, 0.4) is 0 Å². The Labute approximate surface area is 90.8 Å². The molecular formula is C14H16O. The maximum atomic E-state index is 8.79. The topological polar surface area (TPSA) is 20.2 Å². The highest BCUT2D eigenvalue weighted by atomic mass is 16.2. The van der Waals surface area contributed by atoms with Gasteiger partial charge in [0.15, 0.2) is 0 Å². The minimum absolute atomic E-state index is 0.122. The Morgan fingerprint density at radius 2 is 1.93 bits per heavy atom. The lowest BCUT2D eigenvalue weighted by molar-refractivity contribution is 0.342. The highest BCUT2D eigenvalue weighted by Gasteiger charge is 2.26. The fraction of sp³-hybridized carbons (Fsp3) is 0.286. The van der Waals surface area contributed by atoms with Crippen LogP contribution in [-0.4, -0.2) is 11.7 Å². The number of rotatable bonds is 3. The molecule has 0 unspecified atom stereocenters. The number of aliphatic hydroxyl groups excluding tert-OH is 1. The molecule has 1 aromatic rings. The summed E-state index contributed by atoms with van der Waals surface area (Å²) in [6.45, 7) is 4.01. The fourth-order valence-corrected chi connectivity index (χ4v) is 2.34. The second-order valence-electron chi connectivity index (χ2n) is 3.92. The van der Waals surface area contributed by atoms with Crippen LogP contribution in [-0.2, 0) is 0 Å². The van der Waals surface area contributed by atoms with E-state index in [0.717, 1.165) is 6.42 Å². The Balaban J connectivity index is 2.33. The monoisotopic (exact) mass is 200 g/mol. The SMILES string of the molecule is C=C[C@H]1C[C@@H](/C=C\CO)c2ccccc21. The van der Waals surface area contributed by atoms with Gasteiger partial charge in [-0.2, -0.15) is 0 Å². The third-order valence-corrected chi connectivity index (χ3v) is 3.06. The molecule has 2 rings (SSSR count). The van der Waals surface area contributed by atoms with E-state index in [1.54, 1.807) is 0 Å². The van der Waals surface area contributed by atoms with Gasteiger partial charge in [-0.3, -0.25) is 0 Å². The first-order valence-electron chi connectivity index (χ1n) is 5.35. The van der Waals surface area contributed by atoms with Gasteiger partial charge in [0.1, 0.15) is 0 Å². The standard InChI is InChI=1S/C14H16O/c1-2-11-10-12(6-5-9-15)14-8-4-3-7-13(11)14/h2-8,11-12,15H,1,9-10H2/b6-5-/t11-,12+/m0/s1. The molecule has 0 aromatic heterocycles. The lowest BCUT2D eigenvalue weighted by atomic mass is 10.0. The number of hydrogen-bond donors (Lipinski definition) is 1. The number of fused-ring (bicyclic) bond motifs is 1. The van der Waals surface area contributed by atoms with Crippen LogP contribution in [0, 0.1) is 0 Å². The highest BCUT2D eigenvalue weighted by molar-refractivity contribution is 5.42. The highest BCUT2D eigenvalue weighted by Crippen LogP contribution is 2.42. The van der Waals surface area contributed by atoms with E-state index in [1.165, 1.54) is 11.1 Å². The van der Waals surface area contributed by atoms with Crippen molar-refractivity contribution in [2.45, 2.75) is 18.3 Å². The molecule has 0 saturated heterocycles. The summed E-state index contributed by atoms with van der Waals surface area (Å²) in [5.74, 6) is 0.908. The summed E-state index contributed by atoms with van der Waals surface area (Å²) >= 11 is 0. The van der Waals surface area contributed by atoms with Crippen LogP contribution in [0.4, 0.5) is 0 Å². The molecular weight excluding hydrogens is 184 g/mol. The van der Waals surface area contributed by atoms with Gasteiger partial charge >= 0.3 is 0 Å². The molecule has 1 nitrogen and oxygen atoms in total. The molecule has 1 heteroatoms. The van der Waals surface area contributed by atoms with Crippen molar-refractivity contribution in [3.05, 3.63) is 60.2 Å². The van der Waals surface area contributed by atoms with Crippen LogP contribution in [0.25, 0.3) is 0 Å². The Kier molecular flexibility index (Phi) is 3.02. The zero-order chi connectivity index (χ0) is 10.7. The second-order valence-corrected chi connectivity index (χ2v) is 3.92.